The highest BCUT2D eigenvalue weighted by Gasteiger charge is 2.22. The maximum atomic E-state index is 11.6. The van der Waals surface area contributed by atoms with Gasteiger partial charge in [-0.25, -0.2) is 4.79 Å². The van der Waals surface area contributed by atoms with E-state index in [-0.39, 0.29) is 31.6 Å². The molecule has 0 fully saturated rings. The van der Waals surface area contributed by atoms with Crippen molar-refractivity contribution in [1.82, 2.24) is 10.2 Å². The van der Waals surface area contributed by atoms with E-state index in [1.807, 2.05) is 30.3 Å². The molecule has 0 bridgehead atoms. The van der Waals surface area contributed by atoms with Crippen molar-refractivity contribution >= 4 is 17.9 Å². The molecule has 0 aliphatic carbocycles. The molecule has 1 N–H and O–H groups in total. The molecule has 0 spiro atoms. The Kier molecular flexibility index (Phi) is 22.4. The fourth-order valence-electron chi connectivity index (χ4n) is 3.45. The average Bonchev–Trinajstić information content (AvgIpc) is 3.36. The van der Waals surface area contributed by atoms with E-state index in [1.54, 1.807) is 0 Å². The Hall–Kier alpha value is -2.95. The minimum Gasteiger partial charge on any atom is -0.445 e. The lowest BCUT2D eigenvalue weighted by Crippen LogP contribution is -2.33. The van der Waals surface area contributed by atoms with Gasteiger partial charge in [0.2, 0.25) is 0 Å². The van der Waals surface area contributed by atoms with Crippen LogP contribution in [0.4, 0.5) is 4.79 Å². The summed E-state index contributed by atoms with van der Waals surface area (Å²) >= 11 is 0. The molecule has 0 unspecified atom stereocenters. The van der Waals surface area contributed by atoms with E-state index in [0.717, 1.165) is 10.5 Å². The third-order valence-electron chi connectivity index (χ3n) is 5.69. The largest absolute Gasteiger partial charge is 0.445 e. The van der Waals surface area contributed by atoms with Gasteiger partial charge in [-0.1, -0.05) is 30.3 Å². The van der Waals surface area contributed by atoms with E-state index in [1.165, 1.54) is 12.2 Å². The first-order valence-electron chi connectivity index (χ1n) is 14.8. The van der Waals surface area contributed by atoms with Crippen molar-refractivity contribution in [3.63, 3.8) is 0 Å². The molecule has 1 aromatic rings. The van der Waals surface area contributed by atoms with Crippen LogP contribution < -0.4 is 5.32 Å². The monoisotopic (exact) mass is 626 g/mol. The van der Waals surface area contributed by atoms with Crippen LogP contribution in [-0.2, 0) is 58.8 Å². The number of imide groups is 1. The predicted molar refractivity (Wildman–Crippen MR) is 157 cm³/mol. The van der Waals surface area contributed by atoms with Crippen LogP contribution in [0.15, 0.2) is 42.5 Å². The molecule has 0 saturated carbocycles. The molecule has 44 heavy (non-hydrogen) atoms. The number of nitrogens with zero attached hydrogens (tertiary/aromatic N) is 1. The second kappa shape index (κ2) is 26.5. The Morgan fingerprint density at radius 1 is 0.545 bits per heavy atom. The van der Waals surface area contributed by atoms with Crippen molar-refractivity contribution in [2.75, 3.05) is 119 Å². The van der Waals surface area contributed by atoms with E-state index in [4.69, 9.17) is 42.6 Å². The van der Waals surface area contributed by atoms with Crippen LogP contribution in [0.2, 0.25) is 0 Å². The van der Waals surface area contributed by atoms with Crippen LogP contribution in [0.3, 0.4) is 0 Å². The number of benzene rings is 1. The Morgan fingerprint density at radius 2 is 0.932 bits per heavy atom. The molecule has 1 heterocycles. The topological polar surface area (TPSA) is 150 Å². The minimum absolute atomic E-state index is 0.232. The zero-order valence-electron chi connectivity index (χ0n) is 25.3. The van der Waals surface area contributed by atoms with Gasteiger partial charge in [0, 0.05) is 18.7 Å². The fourth-order valence-corrected chi connectivity index (χ4v) is 3.45. The van der Waals surface area contributed by atoms with E-state index >= 15 is 0 Å². The molecule has 0 atom stereocenters. The molecule has 14 heteroatoms. The lowest BCUT2D eigenvalue weighted by atomic mass is 10.2. The Labute approximate surface area is 258 Å². The minimum atomic E-state index is -0.476. The smallest absolute Gasteiger partial charge is 0.407 e. The third kappa shape index (κ3) is 20.1. The van der Waals surface area contributed by atoms with Gasteiger partial charge >= 0.3 is 6.09 Å². The summed E-state index contributed by atoms with van der Waals surface area (Å²) in [7, 11) is 0. The number of nitrogens with one attached hydrogen (secondary N) is 1. The lowest BCUT2D eigenvalue weighted by molar-refractivity contribution is -0.137. The van der Waals surface area contributed by atoms with Crippen molar-refractivity contribution in [2.45, 2.75) is 6.61 Å². The molecule has 248 valence electrons. The quantitative estimate of drug-likeness (QED) is 0.0998. The number of carbonyl (C=O) groups is 3. The highest BCUT2D eigenvalue weighted by atomic mass is 16.6. The summed E-state index contributed by atoms with van der Waals surface area (Å²) in [5.74, 6) is -0.620. The van der Waals surface area contributed by atoms with E-state index in [9.17, 15) is 14.4 Å². The lowest BCUT2D eigenvalue weighted by Gasteiger charge is -2.13. The van der Waals surface area contributed by atoms with Gasteiger partial charge in [-0.05, 0) is 5.56 Å². The number of hydrogen-bond acceptors (Lipinski definition) is 12. The van der Waals surface area contributed by atoms with Gasteiger partial charge in [-0.2, -0.15) is 0 Å². The van der Waals surface area contributed by atoms with Gasteiger partial charge in [0.05, 0.1) is 112 Å². The third-order valence-corrected chi connectivity index (χ3v) is 5.69. The summed E-state index contributed by atoms with van der Waals surface area (Å²) in [4.78, 5) is 35.5. The van der Waals surface area contributed by atoms with Crippen LogP contribution in [0.5, 0.6) is 0 Å². The Morgan fingerprint density at radius 3 is 1.36 bits per heavy atom. The maximum Gasteiger partial charge on any atom is 0.407 e. The first-order valence-corrected chi connectivity index (χ1v) is 14.8. The molecular weight excluding hydrogens is 580 g/mol. The van der Waals surface area contributed by atoms with Crippen molar-refractivity contribution in [1.29, 1.82) is 0 Å². The number of amides is 3. The molecule has 1 aromatic carbocycles. The number of carbonyl (C=O) groups excluding carboxylic acids is 3. The zero-order chi connectivity index (χ0) is 31.3. The molecule has 2 rings (SSSR count). The SMILES string of the molecule is O=C(NCCOCCOCCOCCOCCOCCOCCOCCOCCN1C(=O)C=CC1=O)OCc1ccccc1. The summed E-state index contributed by atoms with van der Waals surface area (Å²) in [6.07, 6.45) is 2.03. The summed E-state index contributed by atoms with van der Waals surface area (Å²) in [5, 5.41) is 2.63. The fraction of sp³-hybridized carbons (Fsp3) is 0.633. The molecule has 14 nitrogen and oxygen atoms in total. The van der Waals surface area contributed by atoms with Crippen molar-refractivity contribution in [2.24, 2.45) is 0 Å². The van der Waals surface area contributed by atoms with Gasteiger partial charge in [-0.3, -0.25) is 14.5 Å². The maximum absolute atomic E-state index is 11.6. The molecule has 1 aliphatic heterocycles. The van der Waals surface area contributed by atoms with E-state index < -0.39 is 6.09 Å². The molecule has 0 aromatic heterocycles. The van der Waals surface area contributed by atoms with Gasteiger partial charge < -0.3 is 47.9 Å². The molecule has 0 radical (unpaired) electrons. The molecular formula is C30H46N2O12. The van der Waals surface area contributed by atoms with Gasteiger partial charge in [-0.15, -0.1) is 0 Å². The van der Waals surface area contributed by atoms with Gasteiger partial charge in [0.15, 0.2) is 0 Å². The first kappa shape index (κ1) is 37.2. The van der Waals surface area contributed by atoms with Crippen molar-refractivity contribution in [3.8, 4) is 0 Å². The highest BCUT2D eigenvalue weighted by Crippen LogP contribution is 2.02. The predicted octanol–water partition coefficient (Wildman–Crippen LogP) is 0.971. The van der Waals surface area contributed by atoms with Crippen molar-refractivity contribution in [3.05, 3.63) is 48.0 Å². The Bertz CT molecular complexity index is 901. The summed E-state index contributed by atoms with van der Waals surface area (Å²) in [6.45, 7) is 7.71. The van der Waals surface area contributed by atoms with Crippen LogP contribution in [-0.4, -0.2) is 142 Å². The second-order valence-electron chi connectivity index (χ2n) is 9.05. The first-order chi connectivity index (χ1) is 21.7. The summed E-state index contributed by atoms with van der Waals surface area (Å²) in [5.41, 5.74) is 0.932. The van der Waals surface area contributed by atoms with E-state index in [0.29, 0.717) is 106 Å². The van der Waals surface area contributed by atoms with E-state index in [2.05, 4.69) is 5.32 Å². The number of hydrogen-bond donors (Lipinski definition) is 1. The van der Waals surface area contributed by atoms with Gasteiger partial charge in [0.1, 0.15) is 6.61 Å². The Balaban J connectivity index is 1.17. The average molecular weight is 627 g/mol. The van der Waals surface area contributed by atoms with Crippen LogP contribution in [0, 0.1) is 0 Å². The van der Waals surface area contributed by atoms with Crippen LogP contribution >= 0.6 is 0 Å². The number of alkyl carbamates (subject to hydrolysis) is 1. The standard InChI is InChI=1S/C30H46N2O12/c33-28-6-7-29(34)32(28)9-11-37-13-15-39-17-19-41-21-23-43-25-24-42-22-20-40-18-16-38-14-12-36-10-8-31-30(35)44-26-27-4-2-1-3-5-27/h1-7H,8-26H2,(H,31,35). The number of rotatable bonds is 29. The molecule has 3 amide bonds. The zero-order valence-corrected chi connectivity index (χ0v) is 25.3. The molecule has 0 saturated heterocycles. The molecule has 1 aliphatic rings. The summed E-state index contributed by atoms with van der Waals surface area (Å²) < 4.78 is 48.5. The highest BCUT2D eigenvalue weighted by molar-refractivity contribution is 6.12. The van der Waals surface area contributed by atoms with Gasteiger partial charge in [0.25, 0.3) is 11.8 Å². The normalized spacial score (nSPS) is 12.8. The number of ether oxygens (including phenoxy) is 9. The van der Waals surface area contributed by atoms with Crippen molar-refractivity contribution < 1.29 is 57.0 Å². The van der Waals surface area contributed by atoms with Crippen LogP contribution in [0.1, 0.15) is 5.56 Å². The van der Waals surface area contributed by atoms with Crippen LogP contribution in [0.25, 0.3) is 0 Å². The summed E-state index contributed by atoms with van der Waals surface area (Å²) in [6, 6.07) is 9.48. The second-order valence-corrected chi connectivity index (χ2v) is 9.05.